The molecule has 0 heterocycles. The number of rotatable bonds is 51. The zero-order chi connectivity index (χ0) is 47.2. The molecule has 0 amide bonds. The lowest BCUT2D eigenvalue weighted by Crippen LogP contribution is -2.30. The molecule has 0 aromatic carbocycles. The van der Waals surface area contributed by atoms with Crippen LogP contribution in [0.5, 0.6) is 0 Å². The first-order valence-electron chi connectivity index (χ1n) is 28.1. The van der Waals surface area contributed by atoms with Crippen molar-refractivity contribution in [2.75, 3.05) is 13.2 Å². The molecule has 0 spiro atoms. The van der Waals surface area contributed by atoms with Gasteiger partial charge in [-0.05, 0) is 83.5 Å². The summed E-state index contributed by atoms with van der Waals surface area (Å²) >= 11 is 0. The minimum absolute atomic E-state index is 0.0786. The first-order chi connectivity index (χ1) is 32.0. The number of allylic oxidation sites excluding steroid dienone is 8. The Labute approximate surface area is 403 Å². The highest BCUT2D eigenvalue weighted by Gasteiger charge is 2.19. The normalized spacial score (nSPS) is 12.4. The topological polar surface area (TPSA) is 78.9 Å². The lowest BCUT2D eigenvalue weighted by atomic mass is 10.0. The zero-order valence-corrected chi connectivity index (χ0v) is 43.3. The smallest absolute Gasteiger partial charge is 0.306 e. The highest BCUT2D eigenvalue weighted by molar-refractivity contribution is 5.71. The fourth-order valence-corrected chi connectivity index (χ4v) is 8.03. The second kappa shape index (κ2) is 54.0. The Balaban J connectivity index is 4.38. The molecule has 1 atom stereocenters. The van der Waals surface area contributed by atoms with Crippen molar-refractivity contribution in [1.29, 1.82) is 0 Å². The summed E-state index contributed by atoms with van der Waals surface area (Å²) in [4.78, 5) is 38.1. The summed E-state index contributed by atoms with van der Waals surface area (Å²) in [5.41, 5.74) is 0. The highest BCUT2D eigenvalue weighted by Crippen LogP contribution is 2.16. The van der Waals surface area contributed by atoms with Crippen LogP contribution in [0, 0.1) is 0 Å². The molecule has 0 bridgehead atoms. The molecule has 0 aliphatic heterocycles. The predicted octanol–water partition coefficient (Wildman–Crippen LogP) is 18.7. The molecule has 0 aliphatic carbocycles. The molecule has 378 valence electrons. The summed E-state index contributed by atoms with van der Waals surface area (Å²) in [6.07, 6.45) is 65.2. The first kappa shape index (κ1) is 62.4. The number of carbonyl (C=O) groups is 3. The van der Waals surface area contributed by atoms with E-state index in [2.05, 4.69) is 69.4 Å². The van der Waals surface area contributed by atoms with Crippen LogP contribution < -0.4 is 0 Å². The van der Waals surface area contributed by atoms with Crippen LogP contribution in [0.3, 0.4) is 0 Å². The Bertz CT molecular complexity index is 1140. The van der Waals surface area contributed by atoms with E-state index >= 15 is 0 Å². The molecule has 0 saturated heterocycles. The van der Waals surface area contributed by atoms with E-state index in [9.17, 15) is 14.4 Å². The van der Waals surface area contributed by atoms with Gasteiger partial charge in [0, 0.05) is 19.3 Å². The van der Waals surface area contributed by atoms with Crippen LogP contribution in [0.25, 0.3) is 0 Å². The summed E-state index contributed by atoms with van der Waals surface area (Å²) in [5, 5.41) is 0. The van der Waals surface area contributed by atoms with Crippen molar-refractivity contribution in [3.63, 3.8) is 0 Å². The van der Waals surface area contributed by atoms with Gasteiger partial charge < -0.3 is 14.2 Å². The van der Waals surface area contributed by atoms with E-state index in [-0.39, 0.29) is 31.1 Å². The second-order valence-electron chi connectivity index (χ2n) is 18.8. The third-order valence-corrected chi connectivity index (χ3v) is 12.3. The summed E-state index contributed by atoms with van der Waals surface area (Å²) in [6.45, 7) is 6.60. The molecule has 0 N–H and O–H groups in total. The Kier molecular flexibility index (Phi) is 51.8. The third kappa shape index (κ3) is 52.2. The van der Waals surface area contributed by atoms with Crippen molar-refractivity contribution in [2.45, 2.75) is 297 Å². The van der Waals surface area contributed by atoms with Gasteiger partial charge in [-0.3, -0.25) is 14.4 Å². The molecule has 65 heavy (non-hydrogen) atoms. The van der Waals surface area contributed by atoms with Gasteiger partial charge >= 0.3 is 17.9 Å². The van der Waals surface area contributed by atoms with Crippen LogP contribution >= 0.6 is 0 Å². The first-order valence-corrected chi connectivity index (χ1v) is 28.1. The van der Waals surface area contributed by atoms with Gasteiger partial charge in [0.05, 0.1) is 0 Å². The fourth-order valence-electron chi connectivity index (χ4n) is 8.03. The van der Waals surface area contributed by atoms with Crippen molar-refractivity contribution in [3.8, 4) is 0 Å². The van der Waals surface area contributed by atoms with Crippen LogP contribution in [0.2, 0.25) is 0 Å². The zero-order valence-electron chi connectivity index (χ0n) is 43.3. The van der Waals surface area contributed by atoms with Gasteiger partial charge in [0.2, 0.25) is 0 Å². The highest BCUT2D eigenvalue weighted by atomic mass is 16.6. The molecule has 0 fully saturated rings. The minimum Gasteiger partial charge on any atom is -0.462 e. The van der Waals surface area contributed by atoms with Crippen LogP contribution in [0.1, 0.15) is 290 Å². The van der Waals surface area contributed by atoms with E-state index in [0.29, 0.717) is 19.3 Å². The molecule has 0 unspecified atom stereocenters. The number of carbonyl (C=O) groups excluding carboxylic acids is 3. The molecule has 0 aromatic rings. The maximum Gasteiger partial charge on any atom is 0.306 e. The summed E-state index contributed by atoms with van der Waals surface area (Å²) in [5.74, 6) is -0.888. The number of esters is 3. The van der Waals surface area contributed by atoms with E-state index in [1.165, 1.54) is 154 Å². The average Bonchev–Trinajstić information content (AvgIpc) is 3.30. The van der Waals surface area contributed by atoms with Crippen molar-refractivity contribution >= 4 is 17.9 Å². The monoisotopic (exact) mass is 911 g/mol. The van der Waals surface area contributed by atoms with Crippen molar-refractivity contribution in [2.24, 2.45) is 0 Å². The molecule has 0 aromatic heterocycles. The van der Waals surface area contributed by atoms with Gasteiger partial charge in [-0.2, -0.15) is 0 Å². The average molecular weight is 911 g/mol. The Morgan fingerprint density at radius 2 is 0.554 bits per heavy atom. The van der Waals surface area contributed by atoms with Crippen molar-refractivity contribution in [1.82, 2.24) is 0 Å². The summed E-state index contributed by atoms with van der Waals surface area (Å²) < 4.78 is 16.8. The van der Waals surface area contributed by atoms with Gasteiger partial charge in [-0.15, -0.1) is 0 Å². The summed E-state index contributed by atoms with van der Waals surface area (Å²) in [6, 6.07) is 0. The molecule has 0 saturated carbocycles. The Morgan fingerprint density at radius 3 is 0.877 bits per heavy atom. The van der Waals surface area contributed by atoms with Gasteiger partial charge in [-0.25, -0.2) is 0 Å². The van der Waals surface area contributed by atoms with E-state index in [0.717, 1.165) is 96.3 Å². The minimum atomic E-state index is -0.781. The van der Waals surface area contributed by atoms with E-state index in [4.69, 9.17) is 14.2 Å². The predicted molar refractivity (Wildman–Crippen MR) is 279 cm³/mol. The molecule has 6 nitrogen and oxygen atoms in total. The molecule has 0 aliphatic rings. The van der Waals surface area contributed by atoms with Gasteiger partial charge in [0.15, 0.2) is 6.10 Å². The summed E-state index contributed by atoms with van der Waals surface area (Å²) in [7, 11) is 0. The van der Waals surface area contributed by atoms with Crippen molar-refractivity contribution in [3.05, 3.63) is 48.6 Å². The molecular formula is C59H106O6. The third-order valence-electron chi connectivity index (χ3n) is 12.3. The Morgan fingerprint density at radius 1 is 0.308 bits per heavy atom. The van der Waals surface area contributed by atoms with E-state index < -0.39 is 6.10 Å². The standard InChI is InChI=1S/C59H106O6/c1-4-7-10-13-16-19-22-25-28-29-32-34-37-40-43-46-49-52-58(61)64-55-56(65-59(62)53-50-47-44-41-38-35-31-27-24-21-18-15-12-9-6-3)54-63-57(60)51-48-45-42-39-36-33-30-26-23-20-17-14-11-8-5-2/h16,18-19,21,25,27-28,31,56H,4-15,17,20,22-24,26,29-30,32-55H2,1-3H3/b19-16-,21-18-,28-25-,31-27-/t56-/m1/s1. The van der Waals surface area contributed by atoms with Crippen LogP contribution in [-0.2, 0) is 28.6 Å². The Hall–Kier alpha value is -2.63. The largest absolute Gasteiger partial charge is 0.462 e. The van der Waals surface area contributed by atoms with Gasteiger partial charge in [0.25, 0.3) is 0 Å². The maximum atomic E-state index is 12.8. The number of hydrogen-bond donors (Lipinski definition) is 0. The van der Waals surface area contributed by atoms with Crippen LogP contribution in [0.4, 0.5) is 0 Å². The van der Waals surface area contributed by atoms with E-state index in [1.807, 2.05) is 0 Å². The second-order valence-corrected chi connectivity index (χ2v) is 18.8. The molecule has 6 heteroatoms. The lowest BCUT2D eigenvalue weighted by molar-refractivity contribution is -0.167. The van der Waals surface area contributed by atoms with Gasteiger partial charge in [0.1, 0.15) is 13.2 Å². The van der Waals surface area contributed by atoms with Gasteiger partial charge in [-0.1, -0.05) is 236 Å². The fraction of sp³-hybridized carbons (Fsp3) is 0.814. The SMILES string of the molecule is CCCCC/C=C\C/C=C\CCCCCCCCCC(=O)OC[C@@H](COC(=O)CCCCCCCCCCCCCCCCC)OC(=O)CCCCCCC/C=C\C/C=C\CCCCC. The molecule has 0 rings (SSSR count). The molecule has 0 radical (unpaired) electrons. The van der Waals surface area contributed by atoms with Crippen LogP contribution in [-0.4, -0.2) is 37.2 Å². The number of unbranched alkanes of at least 4 members (excludes halogenated alkanes) is 32. The quantitative estimate of drug-likeness (QED) is 0.0262. The number of hydrogen-bond acceptors (Lipinski definition) is 6. The van der Waals surface area contributed by atoms with E-state index in [1.54, 1.807) is 0 Å². The maximum absolute atomic E-state index is 12.8. The number of ether oxygens (including phenoxy) is 3. The molecular weight excluding hydrogens is 805 g/mol. The van der Waals surface area contributed by atoms with Crippen molar-refractivity contribution < 1.29 is 28.6 Å². The van der Waals surface area contributed by atoms with Crippen LogP contribution in [0.15, 0.2) is 48.6 Å². The lowest BCUT2D eigenvalue weighted by Gasteiger charge is -2.18.